The summed E-state index contributed by atoms with van der Waals surface area (Å²) < 4.78 is 9.69. The van der Waals surface area contributed by atoms with Crippen molar-refractivity contribution in [3.8, 4) is 0 Å². The number of halogens is 1. The number of hydrogen-bond acceptors (Lipinski definition) is 1. The molecule has 0 rings (SSSR count). The van der Waals surface area contributed by atoms with Crippen LogP contribution >= 0.6 is 10.7 Å². The summed E-state index contributed by atoms with van der Waals surface area (Å²) in [5, 5.41) is 0. The minimum Gasteiger partial charge on any atom is -0.243 e. The lowest BCUT2D eigenvalue weighted by molar-refractivity contribution is 0.692. The van der Waals surface area contributed by atoms with Gasteiger partial charge in [0.1, 0.15) is 10.0 Å². The molecule has 0 aromatic heterocycles. The lowest BCUT2D eigenvalue weighted by atomic mass is 11.0. The third-order valence-electron chi connectivity index (χ3n) is 0.227. The highest BCUT2D eigenvalue weighted by Gasteiger charge is 1.77. The monoisotopic (exact) mass is 112 g/mol. The molecule has 0 unspecified atom stereocenters. The molecule has 0 aliphatic rings. The molecule has 1 nitrogen and oxygen atoms in total. The van der Waals surface area contributed by atoms with Crippen LogP contribution in [0.1, 0.15) is 6.92 Å². The Morgan fingerprint density at radius 1 is 2.00 bits per heavy atom. The average Bonchev–Trinajstić information content (AvgIpc) is 1.38. The van der Waals surface area contributed by atoms with Crippen LogP contribution in [0.3, 0.4) is 0 Å². The molecule has 0 heterocycles. The Morgan fingerprint density at radius 2 is 2.20 bits per heavy atom. The molecule has 0 radical (unpaired) electrons. The minimum atomic E-state index is -1.10. The lowest BCUT2D eigenvalue weighted by Crippen LogP contribution is -1.75. The Balaban J connectivity index is 2.85. The van der Waals surface area contributed by atoms with Gasteiger partial charge in [0.05, 0.1) is 0 Å². The highest BCUT2D eigenvalue weighted by molar-refractivity contribution is 8.08. The molecule has 0 saturated carbocycles. The Labute approximate surface area is 38.3 Å². The first-order chi connectivity index (χ1) is 2.27. The second-order valence-corrected chi connectivity index (χ2v) is 2.77. The van der Waals surface area contributed by atoms with Crippen molar-refractivity contribution in [3.05, 3.63) is 0 Å². The molecular formula is C2H5ClOS. The van der Waals surface area contributed by atoms with Crippen molar-refractivity contribution < 1.29 is 4.21 Å². The van der Waals surface area contributed by atoms with Crippen LogP contribution in [0.25, 0.3) is 0 Å². The molecule has 1 atom stereocenters. The zero-order chi connectivity index (χ0) is 4.28. The first-order valence-corrected chi connectivity index (χ1v) is 3.46. The van der Waals surface area contributed by atoms with Crippen molar-refractivity contribution >= 4 is 20.7 Å². The topological polar surface area (TPSA) is 17.1 Å². The molecule has 5 heavy (non-hydrogen) atoms. The molecular weight excluding hydrogens is 108 g/mol. The van der Waals surface area contributed by atoms with Crippen LogP contribution in [0.4, 0.5) is 0 Å². The molecule has 0 bridgehead atoms. The van der Waals surface area contributed by atoms with Gasteiger partial charge in [0.15, 0.2) is 0 Å². The van der Waals surface area contributed by atoms with Gasteiger partial charge in [0, 0.05) is 5.75 Å². The van der Waals surface area contributed by atoms with Gasteiger partial charge < -0.3 is 0 Å². The van der Waals surface area contributed by atoms with Gasteiger partial charge in [-0.1, -0.05) is 6.92 Å². The third-order valence-corrected chi connectivity index (χ3v) is 1.34. The van der Waals surface area contributed by atoms with Crippen molar-refractivity contribution in [2.45, 2.75) is 6.92 Å². The van der Waals surface area contributed by atoms with E-state index in [0.717, 1.165) is 0 Å². The predicted octanol–water partition coefficient (Wildman–Crippen LogP) is 0.909. The summed E-state index contributed by atoms with van der Waals surface area (Å²) in [6, 6.07) is 0. The van der Waals surface area contributed by atoms with E-state index in [1.807, 2.05) is 0 Å². The van der Waals surface area contributed by atoms with Gasteiger partial charge >= 0.3 is 0 Å². The van der Waals surface area contributed by atoms with E-state index in [0.29, 0.717) is 5.75 Å². The Hall–Kier alpha value is 0.440. The van der Waals surface area contributed by atoms with Gasteiger partial charge in [0.25, 0.3) is 0 Å². The third kappa shape index (κ3) is 4.44. The second kappa shape index (κ2) is 2.67. The molecule has 0 aromatic carbocycles. The van der Waals surface area contributed by atoms with Crippen LogP contribution in [-0.4, -0.2) is 9.96 Å². The van der Waals surface area contributed by atoms with Crippen LogP contribution in [-0.2, 0) is 10.0 Å². The van der Waals surface area contributed by atoms with Gasteiger partial charge in [-0.3, -0.25) is 0 Å². The van der Waals surface area contributed by atoms with Gasteiger partial charge in [-0.2, -0.15) is 0 Å². The van der Waals surface area contributed by atoms with Gasteiger partial charge in [-0.05, 0) is 10.7 Å². The van der Waals surface area contributed by atoms with Crippen molar-refractivity contribution in [1.82, 2.24) is 0 Å². The average molecular weight is 113 g/mol. The van der Waals surface area contributed by atoms with Crippen LogP contribution in [0.2, 0.25) is 0 Å². The molecule has 0 aliphatic carbocycles. The molecule has 0 fully saturated rings. The van der Waals surface area contributed by atoms with Gasteiger partial charge in [-0.15, -0.1) is 0 Å². The van der Waals surface area contributed by atoms with E-state index in [4.69, 9.17) is 10.7 Å². The summed E-state index contributed by atoms with van der Waals surface area (Å²) in [5.41, 5.74) is 0. The maximum absolute atomic E-state index is 9.69. The zero-order valence-electron chi connectivity index (χ0n) is 2.90. The van der Waals surface area contributed by atoms with E-state index in [-0.39, 0.29) is 0 Å². The van der Waals surface area contributed by atoms with E-state index in [1.165, 1.54) is 0 Å². The van der Waals surface area contributed by atoms with E-state index in [2.05, 4.69) is 0 Å². The van der Waals surface area contributed by atoms with Crippen LogP contribution in [0, 0.1) is 0 Å². The standard InChI is InChI=1S/C2H5ClOS/c1-2-5(3)4/h2H2,1H3/t5-/m1/s1. The molecule has 32 valence electrons. The molecule has 0 aliphatic heterocycles. The highest BCUT2D eigenvalue weighted by atomic mass is 35.7. The second-order valence-electron chi connectivity index (χ2n) is 0.579. The zero-order valence-corrected chi connectivity index (χ0v) is 4.47. The first kappa shape index (κ1) is 5.44. The molecule has 0 spiro atoms. The summed E-state index contributed by atoms with van der Waals surface area (Å²) >= 11 is 0. The Bertz CT molecular complexity index is 44.9. The van der Waals surface area contributed by atoms with E-state index in [1.54, 1.807) is 6.92 Å². The van der Waals surface area contributed by atoms with E-state index < -0.39 is 10.0 Å². The van der Waals surface area contributed by atoms with Gasteiger partial charge in [0.2, 0.25) is 0 Å². The van der Waals surface area contributed by atoms with E-state index in [9.17, 15) is 4.21 Å². The largest absolute Gasteiger partial charge is 0.243 e. The molecule has 0 N–H and O–H groups in total. The van der Waals surface area contributed by atoms with Crippen molar-refractivity contribution in [1.29, 1.82) is 0 Å². The highest BCUT2D eigenvalue weighted by Crippen LogP contribution is 1.82. The smallest absolute Gasteiger partial charge is 0.114 e. The summed E-state index contributed by atoms with van der Waals surface area (Å²) in [6.07, 6.45) is 0. The van der Waals surface area contributed by atoms with Crippen molar-refractivity contribution in [2.24, 2.45) is 0 Å². The van der Waals surface area contributed by atoms with Crippen molar-refractivity contribution in [3.63, 3.8) is 0 Å². The fourth-order valence-electron chi connectivity index (χ4n) is 0. The fourth-order valence-corrected chi connectivity index (χ4v) is 0. The maximum Gasteiger partial charge on any atom is 0.114 e. The molecule has 3 heteroatoms. The molecule has 0 aromatic rings. The Morgan fingerprint density at radius 3 is 2.20 bits per heavy atom. The van der Waals surface area contributed by atoms with Crippen LogP contribution < -0.4 is 0 Å². The van der Waals surface area contributed by atoms with Crippen LogP contribution in [0.5, 0.6) is 0 Å². The van der Waals surface area contributed by atoms with Crippen LogP contribution in [0.15, 0.2) is 0 Å². The fraction of sp³-hybridized carbons (Fsp3) is 1.00. The molecule has 0 saturated heterocycles. The number of rotatable bonds is 1. The maximum atomic E-state index is 9.69. The lowest BCUT2D eigenvalue weighted by Gasteiger charge is -1.70. The minimum absolute atomic E-state index is 0.543. The number of hydrogen-bond donors (Lipinski definition) is 0. The van der Waals surface area contributed by atoms with E-state index >= 15 is 0 Å². The summed E-state index contributed by atoms with van der Waals surface area (Å²) in [5.74, 6) is 0.543. The normalized spacial score (nSPS) is 14.8. The SMILES string of the molecule is CC[S@@](=O)Cl. The first-order valence-electron chi connectivity index (χ1n) is 1.32. The quantitative estimate of drug-likeness (QED) is 0.461. The molecule has 0 amide bonds. The summed E-state index contributed by atoms with van der Waals surface area (Å²) in [6.45, 7) is 1.77. The van der Waals surface area contributed by atoms with Crippen molar-refractivity contribution in [2.75, 3.05) is 5.75 Å². The summed E-state index contributed by atoms with van der Waals surface area (Å²) in [7, 11) is 3.83. The summed E-state index contributed by atoms with van der Waals surface area (Å²) in [4.78, 5) is 0. The Kier molecular flexibility index (Phi) is 2.90. The van der Waals surface area contributed by atoms with Gasteiger partial charge in [-0.25, -0.2) is 4.21 Å². The predicted molar refractivity (Wildman–Crippen MR) is 24.5 cm³/mol.